The van der Waals surface area contributed by atoms with Gasteiger partial charge in [-0.2, -0.15) is 0 Å². The van der Waals surface area contributed by atoms with Crippen LogP contribution in [0.3, 0.4) is 0 Å². The Morgan fingerprint density at radius 2 is 2.00 bits per heavy atom. The number of nitrogens with two attached hydrogens (primary N) is 1. The van der Waals surface area contributed by atoms with Crippen LogP contribution in [0.5, 0.6) is 0 Å². The van der Waals surface area contributed by atoms with Gasteiger partial charge in [0.1, 0.15) is 5.76 Å². The molecule has 0 spiro atoms. The molecule has 1 aliphatic heterocycles. The number of piperazine rings is 1. The van der Waals surface area contributed by atoms with E-state index in [-0.39, 0.29) is 11.7 Å². The zero-order valence-corrected chi connectivity index (χ0v) is 12.6. The Labute approximate surface area is 125 Å². The lowest BCUT2D eigenvalue weighted by Gasteiger charge is -2.34. The van der Waals surface area contributed by atoms with Crippen LogP contribution in [0.4, 0.5) is 0 Å². The summed E-state index contributed by atoms with van der Waals surface area (Å²) < 4.78 is 5.46. The van der Waals surface area contributed by atoms with Gasteiger partial charge in [-0.25, -0.2) is 5.84 Å². The number of nitrogen functional groups attached to an aromatic ring is 1. The molecule has 1 saturated carbocycles. The molecule has 21 heavy (non-hydrogen) atoms. The topological polar surface area (TPSA) is 74.7 Å². The van der Waals surface area contributed by atoms with Crippen LogP contribution in [0, 0.1) is 12.8 Å². The van der Waals surface area contributed by atoms with Gasteiger partial charge in [-0.1, -0.05) is 0 Å². The number of rotatable bonds is 5. The van der Waals surface area contributed by atoms with E-state index in [1.807, 2.05) is 6.92 Å². The molecular formula is C15H24N4O2. The molecule has 2 fully saturated rings. The summed E-state index contributed by atoms with van der Waals surface area (Å²) in [7, 11) is 0. The summed E-state index contributed by atoms with van der Waals surface area (Å²) in [5, 5.41) is 0. The Morgan fingerprint density at radius 3 is 2.62 bits per heavy atom. The molecular weight excluding hydrogens is 268 g/mol. The van der Waals surface area contributed by atoms with Crippen LogP contribution in [-0.4, -0.2) is 48.4 Å². The molecule has 0 atom stereocenters. The molecule has 3 rings (SSSR count). The Kier molecular flexibility index (Phi) is 4.28. The van der Waals surface area contributed by atoms with Crippen LogP contribution in [0.1, 0.15) is 34.7 Å². The largest absolute Gasteiger partial charge is 0.456 e. The maximum absolute atomic E-state index is 11.5. The molecule has 0 bridgehead atoms. The summed E-state index contributed by atoms with van der Waals surface area (Å²) in [4.78, 5) is 16.5. The van der Waals surface area contributed by atoms with E-state index < -0.39 is 0 Å². The highest BCUT2D eigenvalue weighted by Gasteiger charge is 2.26. The van der Waals surface area contributed by atoms with Gasteiger partial charge in [0.15, 0.2) is 5.76 Å². The van der Waals surface area contributed by atoms with Gasteiger partial charge in [-0.05, 0) is 31.7 Å². The zero-order valence-electron chi connectivity index (χ0n) is 12.6. The van der Waals surface area contributed by atoms with Crippen molar-refractivity contribution >= 4 is 5.91 Å². The van der Waals surface area contributed by atoms with Gasteiger partial charge >= 0.3 is 5.91 Å². The molecule has 2 heterocycles. The highest BCUT2D eigenvalue weighted by atomic mass is 16.4. The van der Waals surface area contributed by atoms with Crippen molar-refractivity contribution in [2.45, 2.75) is 26.3 Å². The molecule has 0 radical (unpaired) electrons. The van der Waals surface area contributed by atoms with E-state index in [0.29, 0.717) is 0 Å². The van der Waals surface area contributed by atoms with Crippen molar-refractivity contribution in [2.75, 3.05) is 32.7 Å². The molecule has 6 nitrogen and oxygen atoms in total. The van der Waals surface area contributed by atoms with Gasteiger partial charge in [0, 0.05) is 44.8 Å². The maximum Gasteiger partial charge on any atom is 0.300 e. The first-order valence-corrected chi connectivity index (χ1v) is 7.70. The first kappa shape index (κ1) is 14.6. The standard InChI is InChI=1S/C15H24N4O2/c1-11-13(8-14(21-11)15(20)17-16)10-19-6-4-18(5-7-19)9-12-2-3-12/h8,12H,2-7,9-10,16H2,1H3,(H,17,20). The average molecular weight is 292 g/mol. The number of hydrazine groups is 1. The first-order valence-electron chi connectivity index (χ1n) is 7.70. The smallest absolute Gasteiger partial charge is 0.300 e. The van der Waals surface area contributed by atoms with E-state index >= 15 is 0 Å². The van der Waals surface area contributed by atoms with Gasteiger partial charge < -0.3 is 9.32 Å². The Balaban J connectivity index is 1.52. The monoisotopic (exact) mass is 292 g/mol. The fourth-order valence-electron chi connectivity index (χ4n) is 2.90. The van der Waals surface area contributed by atoms with Crippen molar-refractivity contribution in [1.82, 2.24) is 15.2 Å². The van der Waals surface area contributed by atoms with Crippen LogP contribution >= 0.6 is 0 Å². The molecule has 0 unspecified atom stereocenters. The van der Waals surface area contributed by atoms with Crippen molar-refractivity contribution < 1.29 is 9.21 Å². The van der Waals surface area contributed by atoms with Crippen molar-refractivity contribution in [1.29, 1.82) is 0 Å². The second-order valence-corrected chi connectivity index (χ2v) is 6.19. The minimum Gasteiger partial charge on any atom is -0.456 e. The summed E-state index contributed by atoms with van der Waals surface area (Å²) in [6.45, 7) is 8.45. The fraction of sp³-hybridized carbons (Fsp3) is 0.667. The SMILES string of the molecule is Cc1oc(C(=O)NN)cc1CN1CCN(CC2CC2)CC1. The minimum absolute atomic E-state index is 0.289. The summed E-state index contributed by atoms with van der Waals surface area (Å²) in [6, 6.07) is 1.80. The molecule has 1 aromatic rings. The van der Waals surface area contributed by atoms with Crippen molar-refractivity contribution in [2.24, 2.45) is 11.8 Å². The van der Waals surface area contributed by atoms with Crippen molar-refractivity contribution in [3.05, 3.63) is 23.2 Å². The van der Waals surface area contributed by atoms with Crippen LogP contribution < -0.4 is 11.3 Å². The third kappa shape index (κ3) is 3.64. The second kappa shape index (κ2) is 6.17. The van der Waals surface area contributed by atoms with Gasteiger partial charge in [0.25, 0.3) is 0 Å². The summed E-state index contributed by atoms with van der Waals surface area (Å²) in [5.74, 6) is 6.81. The highest BCUT2D eigenvalue weighted by molar-refractivity contribution is 5.91. The van der Waals surface area contributed by atoms with Gasteiger partial charge in [-0.15, -0.1) is 0 Å². The Bertz CT molecular complexity index is 502. The third-order valence-electron chi connectivity index (χ3n) is 4.45. The quantitative estimate of drug-likeness (QED) is 0.475. The van der Waals surface area contributed by atoms with E-state index in [1.165, 1.54) is 19.4 Å². The fourth-order valence-corrected chi connectivity index (χ4v) is 2.90. The van der Waals surface area contributed by atoms with Crippen molar-refractivity contribution in [3.8, 4) is 0 Å². The molecule has 1 amide bonds. The van der Waals surface area contributed by atoms with E-state index in [9.17, 15) is 4.79 Å². The number of carbonyl (C=O) groups is 1. The first-order chi connectivity index (χ1) is 10.2. The number of hydrogen-bond donors (Lipinski definition) is 2. The number of hydrogen-bond acceptors (Lipinski definition) is 5. The van der Waals surface area contributed by atoms with Gasteiger partial charge in [-0.3, -0.25) is 15.1 Å². The highest BCUT2D eigenvalue weighted by Crippen LogP contribution is 2.30. The van der Waals surface area contributed by atoms with Gasteiger partial charge in [0.05, 0.1) is 0 Å². The van der Waals surface area contributed by atoms with E-state index in [2.05, 4.69) is 15.2 Å². The number of nitrogens with one attached hydrogen (secondary N) is 1. The van der Waals surface area contributed by atoms with Gasteiger partial charge in [0.2, 0.25) is 0 Å². The number of furan rings is 1. The van der Waals surface area contributed by atoms with Crippen LogP contribution in [-0.2, 0) is 6.54 Å². The summed E-state index contributed by atoms with van der Waals surface area (Å²) >= 11 is 0. The van der Waals surface area contributed by atoms with Crippen LogP contribution in [0.25, 0.3) is 0 Å². The summed E-state index contributed by atoms with van der Waals surface area (Å²) in [5.41, 5.74) is 3.18. The van der Waals surface area contributed by atoms with E-state index in [1.54, 1.807) is 6.07 Å². The number of nitrogens with zero attached hydrogens (tertiary/aromatic N) is 2. The number of amides is 1. The molecule has 116 valence electrons. The lowest BCUT2D eigenvalue weighted by Crippen LogP contribution is -2.46. The van der Waals surface area contributed by atoms with E-state index in [4.69, 9.17) is 10.3 Å². The number of aryl methyl sites for hydroxylation is 1. The zero-order chi connectivity index (χ0) is 14.8. The predicted molar refractivity (Wildman–Crippen MR) is 79.5 cm³/mol. The van der Waals surface area contributed by atoms with Crippen molar-refractivity contribution in [3.63, 3.8) is 0 Å². The van der Waals surface area contributed by atoms with Crippen LogP contribution in [0.2, 0.25) is 0 Å². The lowest BCUT2D eigenvalue weighted by atomic mass is 10.2. The molecule has 1 saturated heterocycles. The molecule has 1 aliphatic carbocycles. The molecule has 3 N–H and O–H groups in total. The van der Waals surface area contributed by atoms with E-state index in [0.717, 1.165) is 50.0 Å². The maximum atomic E-state index is 11.5. The average Bonchev–Trinajstić information content (AvgIpc) is 3.23. The predicted octanol–water partition coefficient (Wildman–Crippen LogP) is 0.719. The minimum atomic E-state index is -0.376. The molecule has 2 aliphatic rings. The molecule has 6 heteroatoms. The Hall–Kier alpha value is -1.37. The number of carbonyl (C=O) groups excluding carboxylic acids is 1. The molecule has 1 aromatic heterocycles. The normalized spacial score (nSPS) is 20.7. The lowest BCUT2D eigenvalue weighted by molar-refractivity contribution is 0.0924. The second-order valence-electron chi connectivity index (χ2n) is 6.19. The third-order valence-corrected chi connectivity index (χ3v) is 4.45. The Morgan fingerprint density at radius 1 is 1.33 bits per heavy atom. The molecule has 0 aromatic carbocycles. The van der Waals surface area contributed by atoms with Crippen LogP contribution in [0.15, 0.2) is 10.5 Å². The summed E-state index contributed by atoms with van der Waals surface area (Å²) in [6.07, 6.45) is 2.83.